The fraction of sp³-hybridized carbons (Fsp3) is 0.562. The van der Waals surface area contributed by atoms with E-state index >= 15 is 0 Å². The first-order valence-corrected chi connectivity index (χ1v) is 7.24. The van der Waals surface area contributed by atoms with Gasteiger partial charge in [-0.2, -0.15) is 0 Å². The summed E-state index contributed by atoms with van der Waals surface area (Å²) in [5, 5.41) is 3.37. The first kappa shape index (κ1) is 14.9. The Morgan fingerprint density at radius 2 is 2.05 bits per heavy atom. The van der Waals surface area contributed by atoms with Crippen LogP contribution in [0.4, 0.5) is 0 Å². The summed E-state index contributed by atoms with van der Waals surface area (Å²) < 4.78 is 10.7. The van der Waals surface area contributed by atoms with Gasteiger partial charge in [-0.1, -0.05) is 6.07 Å². The number of ether oxygens (including phenoxy) is 2. The van der Waals surface area contributed by atoms with E-state index in [4.69, 9.17) is 9.47 Å². The number of carbonyl (C=O) groups excluding carboxylic acids is 1. The number of rotatable bonds is 4. The fourth-order valence-electron chi connectivity index (χ4n) is 2.87. The Balaban J connectivity index is 2.35. The first-order chi connectivity index (χ1) is 9.69. The zero-order valence-corrected chi connectivity index (χ0v) is 12.5. The van der Waals surface area contributed by atoms with Crippen molar-refractivity contribution in [2.24, 2.45) is 0 Å². The smallest absolute Gasteiger partial charge is 0.338 e. The standard InChI is InChI=1S/C16H23NO3/c1-4-20-16(18)13-5-6-14(15(19-3)11(13)2)12-7-9-17-10-8-12/h5-6,12,17H,4,7-10H2,1-3H3. The molecule has 1 aliphatic heterocycles. The molecule has 4 nitrogen and oxygen atoms in total. The molecule has 4 heteroatoms. The molecule has 110 valence electrons. The molecule has 1 heterocycles. The average Bonchev–Trinajstić information content (AvgIpc) is 2.48. The lowest BCUT2D eigenvalue weighted by atomic mass is 9.87. The number of hydrogen-bond acceptors (Lipinski definition) is 4. The van der Waals surface area contributed by atoms with Crippen LogP contribution in [0.15, 0.2) is 12.1 Å². The Bertz CT molecular complexity index is 479. The lowest BCUT2D eigenvalue weighted by Gasteiger charge is -2.26. The van der Waals surface area contributed by atoms with E-state index in [-0.39, 0.29) is 5.97 Å². The van der Waals surface area contributed by atoms with Gasteiger partial charge in [-0.05, 0) is 57.3 Å². The second-order valence-electron chi connectivity index (χ2n) is 5.11. The lowest BCUT2D eigenvalue weighted by molar-refractivity contribution is 0.0525. The van der Waals surface area contributed by atoms with Gasteiger partial charge in [-0.25, -0.2) is 4.79 Å². The molecule has 20 heavy (non-hydrogen) atoms. The van der Waals surface area contributed by atoms with Crippen LogP contribution in [0.25, 0.3) is 0 Å². The average molecular weight is 277 g/mol. The van der Waals surface area contributed by atoms with E-state index in [0.717, 1.165) is 37.2 Å². The summed E-state index contributed by atoms with van der Waals surface area (Å²) in [7, 11) is 1.67. The summed E-state index contributed by atoms with van der Waals surface area (Å²) in [4.78, 5) is 11.9. The van der Waals surface area contributed by atoms with Crippen LogP contribution >= 0.6 is 0 Å². The van der Waals surface area contributed by atoms with Crippen LogP contribution in [0.5, 0.6) is 5.75 Å². The summed E-state index contributed by atoms with van der Waals surface area (Å²) in [5.41, 5.74) is 2.68. The Kier molecular flexibility index (Phi) is 5.01. The van der Waals surface area contributed by atoms with E-state index in [2.05, 4.69) is 5.32 Å². The molecule has 0 aliphatic carbocycles. The Labute approximate surface area is 120 Å². The molecule has 1 aliphatic rings. The van der Waals surface area contributed by atoms with Gasteiger partial charge in [0.05, 0.1) is 19.3 Å². The number of methoxy groups -OCH3 is 1. The lowest BCUT2D eigenvalue weighted by Crippen LogP contribution is -2.27. The second kappa shape index (κ2) is 6.75. The number of nitrogens with one attached hydrogen (secondary N) is 1. The highest BCUT2D eigenvalue weighted by Gasteiger charge is 2.23. The molecule has 2 rings (SSSR count). The highest BCUT2D eigenvalue weighted by Crippen LogP contribution is 2.36. The molecule has 0 bridgehead atoms. The van der Waals surface area contributed by atoms with Crippen molar-refractivity contribution in [3.63, 3.8) is 0 Å². The molecule has 1 saturated heterocycles. The minimum atomic E-state index is -0.278. The molecular weight excluding hydrogens is 254 g/mol. The maximum absolute atomic E-state index is 11.9. The topological polar surface area (TPSA) is 47.6 Å². The Hall–Kier alpha value is -1.55. The van der Waals surface area contributed by atoms with Gasteiger partial charge in [-0.3, -0.25) is 0 Å². The van der Waals surface area contributed by atoms with E-state index in [1.165, 1.54) is 5.56 Å². The molecule has 0 unspecified atom stereocenters. The van der Waals surface area contributed by atoms with Gasteiger partial charge in [0, 0.05) is 5.56 Å². The van der Waals surface area contributed by atoms with Crippen LogP contribution < -0.4 is 10.1 Å². The van der Waals surface area contributed by atoms with Crippen molar-refractivity contribution >= 4 is 5.97 Å². The third-order valence-electron chi connectivity index (χ3n) is 3.91. The van der Waals surface area contributed by atoms with E-state index in [1.54, 1.807) is 7.11 Å². The molecule has 1 fully saturated rings. The van der Waals surface area contributed by atoms with Gasteiger partial charge in [-0.15, -0.1) is 0 Å². The number of esters is 1. The minimum absolute atomic E-state index is 0.278. The molecule has 0 radical (unpaired) electrons. The summed E-state index contributed by atoms with van der Waals surface area (Å²) in [6, 6.07) is 3.89. The largest absolute Gasteiger partial charge is 0.496 e. The molecule has 0 spiro atoms. The van der Waals surface area contributed by atoms with Crippen molar-refractivity contribution in [1.29, 1.82) is 0 Å². The number of carbonyl (C=O) groups is 1. The van der Waals surface area contributed by atoms with E-state index < -0.39 is 0 Å². The monoisotopic (exact) mass is 277 g/mol. The van der Waals surface area contributed by atoms with Gasteiger partial charge in [0.1, 0.15) is 5.75 Å². The Morgan fingerprint density at radius 1 is 1.35 bits per heavy atom. The quantitative estimate of drug-likeness (QED) is 0.860. The molecule has 0 aromatic heterocycles. The summed E-state index contributed by atoms with van der Waals surface area (Å²) in [5.74, 6) is 1.06. The highest BCUT2D eigenvalue weighted by atomic mass is 16.5. The van der Waals surface area contributed by atoms with Crippen molar-refractivity contribution < 1.29 is 14.3 Å². The normalized spacial score (nSPS) is 15.9. The third-order valence-corrected chi connectivity index (χ3v) is 3.91. The summed E-state index contributed by atoms with van der Waals surface area (Å²) >= 11 is 0. The molecule has 1 aromatic carbocycles. The van der Waals surface area contributed by atoms with Crippen molar-refractivity contribution in [3.8, 4) is 5.75 Å². The molecule has 0 atom stereocenters. The van der Waals surface area contributed by atoms with Gasteiger partial charge < -0.3 is 14.8 Å². The van der Waals surface area contributed by atoms with E-state index in [0.29, 0.717) is 18.1 Å². The zero-order chi connectivity index (χ0) is 14.5. The van der Waals surface area contributed by atoms with Gasteiger partial charge in [0.2, 0.25) is 0 Å². The predicted octanol–water partition coefficient (Wildman–Crippen LogP) is 2.65. The van der Waals surface area contributed by atoms with Crippen molar-refractivity contribution in [2.45, 2.75) is 32.6 Å². The predicted molar refractivity (Wildman–Crippen MR) is 78.5 cm³/mol. The van der Waals surface area contributed by atoms with Gasteiger partial charge in [0.15, 0.2) is 0 Å². The molecule has 1 aromatic rings. The van der Waals surface area contributed by atoms with Crippen LogP contribution in [0.2, 0.25) is 0 Å². The summed E-state index contributed by atoms with van der Waals surface area (Å²) in [6.45, 7) is 6.19. The van der Waals surface area contributed by atoms with Crippen LogP contribution in [-0.4, -0.2) is 32.8 Å². The molecular formula is C16H23NO3. The van der Waals surface area contributed by atoms with Crippen molar-refractivity contribution in [3.05, 3.63) is 28.8 Å². The number of piperidine rings is 1. The van der Waals surface area contributed by atoms with Crippen molar-refractivity contribution in [1.82, 2.24) is 5.32 Å². The minimum Gasteiger partial charge on any atom is -0.496 e. The summed E-state index contributed by atoms with van der Waals surface area (Å²) in [6.07, 6.45) is 2.21. The van der Waals surface area contributed by atoms with Gasteiger partial charge >= 0.3 is 5.97 Å². The second-order valence-corrected chi connectivity index (χ2v) is 5.11. The maximum atomic E-state index is 11.9. The fourth-order valence-corrected chi connectivity index (χ4v) is 2.87. The van der Waals surface area contributed by atoms with Crippen LogP contribution in [0, 0.1) is 6.92 Å². The first-order valence-electron chi connectivity index (χ1n) is 7.24. The molecule has 0 amide bonds. The molecule has 0 saturated carbocycles. The van der Waals surface area contributed by atoms with Crippen LogP contribution in [-0.2, 0) is 4.74 Å². The Morgan fingerprint density at radius 3 is 2.65 bits per heavy atom. The van der Waals surface area contributed by atoms with Crippen LogP contribution in [0.3, 0.4) is 0 Å². The van der Waals surface area contributed by atoms with Crippen LogP contribution in [0.1, 0.15) is 47.2 Å². The van der Waals surface area contributed by atoms with E-state index in [1.807, 2.05) is 26.0 Å². The third kappa shape index (κ3) is 2.96. The maximum Gasteiger partial charge on any atom is 0.338 e. The highest BCUT2D eigenvalue weighted by molar-refractivity contribution is 5.92. The van der Waals surface area contributed by atoms with Crippen molar-refractivity contribution in [2.75, 3.05) is 26.8 Å². The SMILES string of the molecule is CCOC(=O)c1ccc(C2CCNCC2)c(OC)c1C. The number of benzene rings is 1. The zero-order valence-electron chi connectivity index (χ0n) is 12.5. The van der Waals surface area contributed by atoms with E-state index in [9.17, 15) is 4.79 Å². The number of hydrogen-bond donors (Lipinski definition) is 1. The van der Waals surface area contributed by atoms with Gasteiger partial charge in [0.25, 0.3) is 0 Å². The molecule has 1 N–H and O–H groups in total.